The second-order valence-corrected chi connectivity index (χ2v) is 4.07. The van der Waals surface area contributed by atoms with Gasteiger partial charge in [0, 0.05) is 18.3 Å². The van der Waals surface area contributed by atoms with Crippen LogP contribution in [0.2, 0.25) is 0 Å². The van der Waals surface area contributed by atoms with Crippen LogP contribution in [0, 0.1) is 5.82 Å². The number of amides is 1. The number of benzene rings is 2. The van der Waals surface area contributed by atoms with Crippen LogP contribution in [0.3, 0.4) is 0 Å². The molecule has 2 rings (SSSR count). The summed E-state index contributed by atoms with van der Waals surface area (Å²) in [6, 6.07) is 12.6. The highest BCUT2D eigenvalue weighted by molar-refractivity contribution is 6.05. The average Bonchev–Trinajstić information content (AvgIpc) is 2.46. The minimum Gasteiger partial charge on any atom is -0.497 e. The number of halogens is 1. The molecule has 0 aromatic heterocycles. The lowest BCUT2D eigenvalue weighted by molar-refractivity contribution is 0.0993. The molecule has 19 heavy (non-hydrogen) atoms. The van der Waals surface area contributed by atoms with Crippen molar-refractivity contribution in [2.45, 2.75) is 0 Å². The van der Waals surface area contributed by atoms with Gasteiger partial charge in [0.15, 0.2) is 0 Å². The minimum atomic E-state index is -0.325. The van der Waals surface area contributed by atoms with Crippen LogP contribution in [0.1, 0.15) is 10.4 Å². The molecule has 0 atom stereocenters. The zero-order valence-corrected chi connectivity index (χ0v) is 10.8. The molecule has 0 N–H and O–H groups in total. The van der Waals surface area contributed by atoms with E-state index in [0.29, 0.717) is 17.0 Å². The summed E-state index contributed by atoms with van der Waals surface area (Å²) >= 11 is 0. The predicted octanol–water partition coefficient (Wildman–Crippen LogP) is 3.11. The Kier molecular flexibility index (Phi) is 3.80. The monoisotopic (exact) mass is 259 g/mol. The molecule has 3 nitrogen and oxygen atoms in total. The van der Waals surface area contributed by atoms with Crippen LogP contribution in [0.4, 0.5) is 10.1 Å². The molecule has 98 valence electrons. The van der Waals surface area contributed by atoms with Gasteiger partial charge in [0.05, 0.1) is 7.11 Å². The highest BCUT2D eigenvalue weighted by Crippen LogP contribution is 2.18. The Morgan fingerprint density at radius 3 is 2.16 bits per heavy atom. The van der Waals surface area contributed by atoms with E-state index in [1.165, 1.54) is 17.0 Å². The van der Waals surface area contributed by atoms with E-state index in [0.717, 1.165) is 0 Å². The van der Waals surface area contributed by atoms with Gasteiger partial charge in [0.25, 0.3) is 5.91 Å². The molecule has 0 aliphatic carbocycles. The van der Waals surface area contributed by atoms with Gasteiger partial charge in [-0.05, 0) is 48.5 Å². The molecule has 0 radical (unpaired) electrons. The van der Waals surface area contributed by atoms with Crippen molar-refractivity contribution in [2.75, 3.05) is 19.1 Å². The molecule has 0 unspecified atom stereocenters. The molecule has 0 bridgehead atoms. The van der Waals surface area contributed by atoms with Crippen LogP contribution in [0.5, 0.6) is 5.75 Å². The molecular weight excluding hydrogens is 245 g/mol. The fraction of sp³-hybridized carbons (Fsp3) is 0.133. The predicted molar refractivity (Wildman–Crippen MR) is 72.1 cm³/mol. The Labute approximate surface area is 111 Å². The second-order valence-electron chi connectivity index (χ2n) is 4.07. The first-order chi connectivity index (χ1) is 9.11. The highest BCUT2D eigenvalue weighted by Gasteiger charge is 2.13. The van der Waals surface area contributed by atoms with Crippen LogP contribution in [-0.2, 0) is 0 Å². The summed E-state index contributed by atoms with van der Waals surface area (Å²) in [7, 11) is 3.22. The number of hydrogen-bond donors (Lipinski definition) is 0. The maximum Gasteiger partial charge on any atom is 0.258 e. The number of ether oxygens (including phenoxy) is 1. The number of methoxy groups -OCH3 is 1. The third-order valence-electron chi connectivity index (χ3n) is 2.86. The average molecular weight is 259 g/mol. The van der Waals surface area contributed by atoms with E-state index in [1.54, 1.807) is 50.6 Å². The van der Waals surface area contributed by atoms with E-state index >= 15 is 0 Å². The van der Waals surface area contributed by atoms with E-state index in [4.69, 9.17) is 4.74 Å². The lowest BCUT2D eigenvalue weighted by Crippen LogP contribution is -2.26. The molecule has 0 fully saturated rings. The standard InChI is InChI=1S/C15H14FNO2/c1-17(13-7-5-12(16)6-8-13)15(18)11-3-9-14(19-2)10-4-11/h3-10H,1-2H3. The lowest BCUT2D eigenvalue weighted by Gasteiger charge is -2.17. The van der Waals surface area contributed by atoms with E-state index in [-0.39, 0.29) is 11.7 Å². The number of carbonyl (C=O) groups is 1. The van der Waals surface area contributed by atoms with Crippen molar-refractivity contribution < 1.29 is 13.9 Å². The molecule has 2 aromatic rings. The summed E-state index contributed by atoms with van der Waals surface area (Å²) in [6.07, 6.45) is 0. The van der Waals surface area contributed by atoms with Gasteiger partial charge >= 0.3 is 0 Å². The third-order valence-corrected chi connectivity index (χ3v) is 2.86. The van der Waals surface area contributed by atoms with E-state index in [1.807, 2.05) is 0 Å². The third kappa shape index (κ3) is 2.91. The van der Waals surface area contributed by atoms with Gasteiger partial charge in [-0.1, -0.05) is 0 Å². The smallest absolute Gasteiger partial charge is 0.258 e. The maximum absolute atomic E-state index is 12.8. The molecule has 1 amide bonds. The first-order valence-electron chi connectivity index (χ1n) is 5.79. The van der Waals surface area contributed by atoms with Gasteiger partial charge in [-0.3, -0.25) is 4.79 Å². The molecule has 0 saturated heterocycles. The molecule has 0 aliphatic heterocycles. The van der Waals surface area contributed by atoms with Gasteiger partial charge in [-0.25, -0.2) is 4.39 Å². The zero-order valence-electron chi connectivity index (χ0n) is 10.8. The number of hydrogen-bond acceptors (Lipinski definition) is 2. The van der Waals surface area contributed by atoms with Crippen LogP contribution < -0.4 is 9.64 Å². The highest BCUT2D eigenvalue weighted by atomic mass is 19.1. The van der Waals surface area contributed by atoms with Crippen molar-refractivity contribution >= 4 is 11.6 Å². The normalized spacial score (nSPS) is 10.1. The molecule has 0 spiro atoms. The largest absolute Gasteiger partial charge is 0.497 e. The number of nitrogens with zero attached hydrogens (tertiary/aromatic N) is 1. The molecule has 2 aromatic carbocycles. The zero-order chi connectivity index (χ0) is 13.8. The molecule has 0 aliphatic rings. The fourth-order valence-electron chi connectivity index (χ4n) is 1.71. The number of rotatable bonds is 3. The summed E-state index contributed by atoms with van der Waals surface area (Å²) in [4.78, 5) is 13.7. The van der Waals surface area contributed by atoms with Crippen molar-refractivity contribution in [3.8, 4) is 5.75 Å². The Morgan fingerprint density at radius 1 is 1.05 bits per heavy atom. The lowest BCUT2D eigenvalue weighted by atomic mass is 10.2. The molecular formula is C15H14FNO2. The summed E-state index contributed by atoms with van der Waals surface area (Å²) in [6.45, 7) is 0. The SMILES string of the molecule is COc1ccc(C(=O)N(C)c2ccc(F)cc2)cc1. The van der Waals surface area contributed by atoms with Gasteiger partial charge in [0.2, 0.25) is 0 Å². The van der Waals surface area contributed by atoms with E-state index < -0.39 is 0 Å². The molecule has 4 heteroatoms. The van der Waals surface area contributed by atoms with Gasteiger partial charge in [0.1, 0.15) is 11.6 Å². The topological polar surface area (TPSA) is 29.5 Å². The fourth-order valence-corrected chi connectivity index (χ4v) is 1.71. The van der Waals surface area contributed by atoms with E-state index in [2.05, 4.69) is 0 Å². The first kappa shape index (κ1) is 13.1. The number of anilines is 1. The van der Waals surface area contributed by atoms with Gasteiger partial charge < -0.3 is 9.64 Å². The first-order valence-corrected chi connectivity index (χ1v) is 5.79. The van der Waals surface area contributed by atoms with Crippen molar-refractivity contribution in [1.29, 1.82) is 0 Å². The van der Waals surface area contributed by atoms with Crippen LogP contribution in [0.25, 0.3) is 0 Å². The summed E-state index contributed by atoms with van der Waals surface area (Å²) in [5.41, 5.74) is 1.19. The van der Waals surface area contributed by atoms with Gasteiger partial charge in [-0.15, -0.1) is 0 Å². The maximum atomic E-state index is 12.8. The van der Waals surface area contributed by atoms with Crippen molar-refractivity contribution in [3.05, 3.63) is 59.9 Å². The summed E-state index contributed by atoms with van der Waals surface area (Å²) in [5, 5.41) is 0. The van der Waals surface area contributed by atoms with E-state index in [9.17, 15) is 9.18 Å². The van der Waals surface area contributed by atoms with Crippen molar-refractivity contribution in [2.24, 2.45) is 0 Å². The Morgan fingerprint density at radius 2 is 1.63 bits per heavy atom. The molecule has 0 heterocycles. The Hall–Kier alpha value is -2.36. The number of carbonyl (C=O) groups excluding carboxylic acids is 1. The Bertz CT molecular complexity index is 564. The van der Waals surface area contributed by atoms with Crippen LogP contribution in [-0.4, -0.2) is 20.1 Å². The van der Waals surface area contributed by atoms with Crippen molar-refractivity contribution in [1.82, 2.24) is 0 Å². The van der Waals surface area contributed by atoms with Gasteiger partial charge in [-0.2, -0.15) is 0 Å². The minimum absolute atomic E-state index is 0.158. The summed E-state index contributed by atoms with van der Waals surface area (Å²) < 4.78 is 17.9. The van der Waals surface area contributed by atoms with Crippen LogP contribution in [0.15, 0.2) is 48.5 Å². The molecule has 0 saturated carbocycles. The quantitative estimate of drug-likeness (QED) is 0.847. The van der Waals surface area contributed by atoms with Crippen molar-refractivity contribution in [3.63, 3.8) is 0 Å². The van der Waals surface area contributed by atoms with Crippen LogP contribution >= 0.6 is 0 Å². The Balaban J connectivity index is 2.20. The summed E-state index contributed by atoms with van der Waals surface area (Å²) in [5.74, 6) is 0.212. The second kappa shape index (κ2) is 5.52.